The molecular formula is C14H19Cl2F2N3O2S. The molecular weight excluding hydrogens is 383 g/mol. The number of rotatable bonds is 7. The standard InChI is InChI=1S/C14H18ClF2N3O2S.ClH/c1-7(2)11(18)13(22)19-6-10(21)20-9-5-3-4-8(15)12(9)23-14(16)17;/h3-5,7,11,14H,6,18H2,1-2H3,(H,19,22)(H,20,21);1H/t11-;/m0./s1. The lowest BCUT2D eigenvalue weighted by molar-refractivity contribution is -0.125. The van der Waals surface area contributed by atoms with Gasteiger partial charge < -0.3 is 16.4 Å². The quantitative estimate of drug-likeness (QED) is 0.612. The fourth-order valence-electron chi connectivity index (χ4n) is 1.60. The summed E-state index contributed by atoms with van der Waals surface area (Å²) in [5.41, 5.74) is 5.81. The molecule has 4 N–H and O–H groups in total. The van der Waals surface area contributed by atoms with Crippen LogP contribution in [0.3, 0.4) is 0 Å². The maximum Gasteiger partial charge on any atom is 0.289 e. The number of nitrogens with one attached hydrogen (secondary N) is 2. The molecule has 1 aromatic carbocycles. The first kappa shape index (κ1) is 22.9. The fraction of sp³-hybridized carbons (Fsp3) is 0.429. The molecule has 1 aromatic rings. The van der Waals surface area contributed by atoms with E-state index in [9.17, 15) is 18.4 Å². The Kier molecular flexibility index (Phi) is 10.2. The smallest absolute Gasteiger partial charge is 0.289 e. The Bertz CT molecular complexity index is 577. The van der Waals surface area contributed by atoms with Crippen molar-refractivity contribution in [3.05, 3.63) is 23.2 Å². The Morgan fingerprint density at radius 2 is 1.96 bits per heavy atom. The van der Waals surface area contributed by atoms with E-state index in [2.05, 4.69) is 10.6 Å². The first-order valence-electron chi connectivity index (χ1n) is 6.78. The summed E-state index contributed by atoms with van der Waals surface area (Å²) >= 11 is 6.11. The number of benzene rings is 1. The summed E-state index contributed by atoms with van der Waals surface area (Å²) in [7, 11) is 0. The summed E-state index contributed by atoms with van der Waals surface area (Å²) in [6.45, 7) is 3.25. The van der Waals surface area contributed by atoms with Gasteiger partial charge in [-0.2, -0.15) is 8.78 Å². The number of carbonyl (C=O) groups is 2. The minimum Gasteiger partial charge on any atom is -0.346 e. The van der Waals surface area contributed by atoms with Crippen LogP contribution in [0.1, 0.15) is 13.8 Å². The zero-order valence-electron chi connectivity index (χ0n) is 13.0. The minimum atomic E-state index is -2.67. The molecule has 24 heavy (non-hydrogen) atoms. The molecule has 2 amide bonds. The van der Waals surface area contributed by atoms with E-state index >= 15 is 0 Å². The number of carbonyl (C=O) groups excluding carboxylic acids is 2. The molecule has 0 spiro atoms. The monoisotopic (exact) mass is 401 g/mol. The molecule has 0 fully saturated rings. The predicted octanol–water partition coefficient (Wildman–Crippen LogP) is 3.11. The first-order chi connectivity index (χ1) is 10.7. The van der Waals surface area contributed by atoms with Crippen LogP contribution in [0.5, 0.6) is 0 Å². The first-order valence-corrected chi connectivity index (χ1v) is 8.04. The van der Waals surface area contributed by atoms with Crippen molar-refractivity contribution in [2.45, 2.75) is 30.5 Å². The third kappa shape index (κ3) is 7.21. The van der Waals surface area contributed by atoms with E-state index in [1.165, 1.54) is 18.2 Å². The van der Waals surface area contributed by atoms with Crippen LogP contribution >= 0.6 is 35.8 Å². The highest BCUT2D eigenvalue weighted by Crippen LogP contribution is 2.37. The molecule has 136 valence electrons. The van der Waals surface area contributed by atoms with E-state index in [4.69, 9.17) is 17.3 Å². The summed E-state index contributed by atoms with van der Waals surface area (Å²) in [5, 5.41) is 4.95. The highest BCUT2D eigenvalue weighted by molar-refractivity contribution is 7.99. The second-order valence-corrected chi connectivity index (χ2v) is 6.44. The van der Waals surface area contributed by atoms with Gasteiger partial charge in [0.15, 0.2) is 0 Å². The number of hydrogen-bond donors (Lipinski definition) is 3. The van der Waals surface area contributed by atoms with E-state index in [1.54, 1.807) is 13.8 Å². The number of halogens is 4. The van der Waals surface area contributed by atoms with Gasteiger partial charge in [0.25, 0.3) is 5.76 Å². The van der Waals surface area contributed by atoms with Crippen LogP contribution in [0.2, 0.25) is 5.02 Å². The topological polar surface area (TPSA) is 84.2 Å². The molecule has 1 atom stereocenters. The van der Waals surface area contributed by atoms with E-state index < -0.39 is 23.6 Å². The van der Waals surface area contributed by atoms with Gasteiger partial charge in [-0.15, -0.1) is 12.4 Å². The van der Waals surface area contributed by atoms with Crippen LogP contribution in [0.25, 0.3) is 0 Å². The zero-order chi connectivity index (χ0) is 17.6. The Labute approximate surface area is 154 Å². The normalized spacial score (nSPS) is 11.8. The van der Waals surface area contributed by atoms with E-state index in [0.717, 1.165) is 0 Å². The van der Waals surface area contributed by atoms with Crippen LogP contribution in [0.4, 0.5) is 14.5 Å². The van der Waals surface area contributed by atoms with E-state index in [0.29, 0.717) is 0 Å². The largest absolute Gasteiger partial charge is 0.346 e. The second-order valence-electron chi connectivity index (χ2n) is 5.03. The number of nitrogens with two attached hydrogens (primary N) is 1. The van der Waals surface area contributed by atoms with Gasteiger partial charge in [-0.05, 0) is 18.1 Å². The molecule has 0 aliphatic heterocycles. The van der Waals surface area contributed by atoms with Crippen molar-refractivity contribution in [3.63, 3.8) is 0 Å². The molecule has 0 aliphatic rings. The van der Waals surface area contributed by atoms with Crippen molar-refractivity contribution >= 4 is 53.3 Å². The molecule has 0 bridgehead atoms. The van der Waals surface area contributed by atoms with Gasteiger partial charge >= 0.3 is 0 Å². The summed E-state index contributed by atoms with van der Waals surface area (Å²) in [4.78, 5) is 23.6. The molecule has 0 heterocycles. The Morgan fingerprint density at radius 1 is 1.33 bits per heavy atom. The average molecular weight is 402 g/mol. The molecule has 0 aromatic heterocycles. The Hall–Kier alpha value is -1.09. The van der Waals surface area contributed by atoms with Crippen LogP contribution in [-0.4, -0.2) is 30.2 Å². The van der Waals surface area contributed by atoms with Crippen molar-refractivity contribution < 1.29 is 18.4 Å². The van der Waals surface area contributed by atoms with Crippen LogP contribution in [-0.2, 0) is 9.59 Å². The lowest BCUT2D eigenvalue weighted by Crippen LogP contribution is -2.46. The van der Waals surface area contributed by atoms with Crippen molar-refractivity contribution in [1.82, 2.24) is 5.32 Å². The van der Waals surface area contributed by atoms with Gasteiger partial charge in [-0.1, -0.05) is 43.3 Å². The van der Waals surface area contributed by atoms with Gasteiger partial charge in [0.05, 0.1) is 28.2 Å². The zero-order valence-corrected chi connectivity index (χ0v) is 15.4. The molecule has 0 saturated heterocycles. The molecule has 0 radical (unpaired) electrons. The highest BCUT2D eigenvalue weighted by atomic mass is 35.5. The highest BCUT2D eigenvalue weighted by Gasteiger charge is 2.19. The SMILES string of the molecule is CC(C)[C@H](N)C(=O)NCC(=O)Nc1cccc(Cl)c1SC(F)F.Cl. The third-order valence-electron chi connectivity index (χ3n) is 2.89. The number of hydrogen-bond acceptors (Lipinski definition) is 4. The summed E-state index contributed by atoms with van der Waals surface area (Å²) < 4.78 is 25.1. The minimum absolute atomic E-state index is 0. The number of anilines is 1. The van der Waals surface area contributed by atoms with E-state index in [1.807, 2.05) is 0 Å². The fourth-order valence-corrected chi connectivity index (χ4v) is 2.51. The molecule has 0 unspecified atom stereocenters. The van der Waals surface area contributed by atoms with E-state index in [-0.39, 0.29) is 52.2 Å². The predicted molar refractivity (Wildman–Crippen MR) is 95.0 cm³/mol. The average Bonchev–Trinajstić information content (AvgIpc) is 2.47. The molecule has 10 heteroatoms. The lowest BCUT2D eigenvalue weighted by atomic mass is 10.1. The Morgan fingerprint density at radius 3 is 2.50 bits per heavy atom. The van der Waals surface area contributed by atoms with Crippen LogP contribution < -0.4 is 16.4 Å². The Balaban J connectivity index is 0.00000529. The van der Waals surface area contributed by atoms with Gasteiger partial charge in [-0.25, -0.2) is 0 Å². The molecule has 5 nitrogen and oxygen atoms in total. The van der Waals surface area contributed by atoms with Crippen molar-refractivity contribution in [3.8, 4) is 0 Å². The van der Waals surface area contributed by atoms with Gasteiger partial charge in [0, 0.05) is 0 Å². The maximum atomic E-state index is 12.6. The number of amides is 2. The number of alkyl halides is 2. The van der Waals surface area contributed by atoms with Gasteiger partial charge in [0.2, 0.25) is 11.8 Å². The summed E-state index contributed by atoms with van der Waals surface area (Å²) in [5.74, 6) is -3.76. The lowest BCUT2D eigenvalue weighted by Gasteiger charge is -2.16. The summed E-state index contributed by atoms with van der Waals surface area (Å²) in [6, 6.07) is 3.71. The van der Waals surface area contributed by atoms with Gasteiger partial charge in [-0.3, -0.25) is 9.59 Å². The maximum absolute atomic E-state index is 12.6. The van der Waals surface area contributed by atoms with Gasteiger partial charge in [0.1, 0.15) is 0 Å². The van der Waals surface area contributed by atoms with Crippen LogP contribution in [0.15, 0.2) is 23.1 Å². The number of thioether (sulfide) groups is 1. The molecule has 1 rings (SSSR count). The second kappa shape index (κ2) is 10.7. The van der Waals surface area contributed by atoms with Crippen LogP contribution in [0, 0.1) is 5.92 Å². The molecule has 0 aliphatic carbocycles. The van der Waals surface area contributed by atoms with Crippen molar-refractivity contribution in [1.29, 1.82) is 0 Å². The molecule has 0 saturated carbocycles. The van der Waals surface area contributed by atoms with Crippen molar-refractivity contribution in [2.24, 2.45) is 11.7 Å². The third-order valence-corrected chi connectivity index (χ3v) is 4.17. The van der Waals surface area contributed by atoms with Crippen molar-refractivity contribution in [2.75, 3.05) is 11.9 Å². The summed E-state index contributed by atoms with van der Waals surface area (Å²) in [6.07, 6.45) is 0.